The molecule has 1 aromatic heterocycles. The Morgan fingerprint density at radius 1 is 1.13 bits per heavy atom. The van der Waals surface area contributed by atoms with Crippen LogP contribution in [0.2, 0.25) is 0 Å². The van der Waals surface area contributed by atoms with Gasteiger partial charge < -0.3 is 4.42 Å². The van der Waals surface area contributed by atoms with E-state index in [-0.39, 0.29) is 5.38 Å². The number of aryl methyl sites for hydroxylation is 1. The van der Waals surface area contributed by atoms with E-state index in [2.05, 4.69) is 15.9 Å². The minimum atomic E-state index is -0.216. The van der Waals surface area contributed by atoms with Crippen molar-refractivity contribution in [1.82, 2.24) is 0 Å². The molecule has 2 rings (SSSR count). The van der Waals surface area contributed by atoms with Crippen molar-refractivity contribution in [3.8, 4) is 0 Å². The van der Waals surface area contributed by atoms with Crippen LogP contribution in [-0.4, -0.2) is 0 Å². The zero-order valence-corrected chi connectivity index (χ0v) is 10.5. The number of benzene rings is 1. The van der Waals surface area contributed by atoms with Crippen LogP contribution in [0.4, 0.5) is 0 Å². The molecule has 0 fully saturated rings. The van der Waals surface area contributed by atoms with E-state index in [1.54, 1.807) is 0 Å². The first kappa shape index (κ1) is 10.8. The maximum atomic E-state index is 6.29. The van der Waals surface area contributed by atoms with Crippen LogP contribution in [0.1, 0.15) is 22.5 Å². The van der Waals surface area contributed by atoms with Gasteiger partial charge in [-0.3, -0.25) is 0 Å². The summed E-state index contributed by atoms with van der Waals surface area (Å²) in [4.78, 5) is 0. The van der Waals surface area contributed by atoms with Crippen LogP contribution in [0, 0.1) is 6.92 Å². The largest absolute Gasteiger partial charge is 0.464 e. The molecule has 0 aliphatic carbocycles. The van der Waals surface area contributed by atoms with Gasteiger partial charge in [0.2, 0.25) is 0 Å². The summed E-state index contributed by atoms with van der Waals surface area (Å²) in [5.41, 5.74) is 1.04. The first-order valence-corrected chi connectivity index (χ1v) is 5.85. The molecule has 1 unspecified atom stereocenters. The van der Waals surface area contributed by atoms with E-state index in [4.69, 9.17) is 16.0 Å². The topological polar surface area (TPSA) is 13.1 Å². The highest BCUT2D eigenvalue weighted by Gasteiger charge is 2.13. The maximum Gasteiger partial charge on any atom is 0.126 e. The average molecular weight is 286 g/mol. The van der Waals surface area contributed by atoms with Gasteiger partial charge in [0.15, 0.2) is 0 Å². The van der Waals surface area contributed by atoms with Crippen LogP contribution in [0.15, 0.2) is 45.3 Å². The summed E-state index contributed by atoms with van der Waals surface area (Å²) >= 11 is 9.68. The van der Waals surface area contributed by atoms with E-state index in [9.17, 15) is 0 Å². The number of alkyl halides is 1. The maximum absolute atomic E-state index is 6.29. The third-order valence-corrected chi connectivity index (χ3v) is 3.17. The zero-order chi connectivity index (χ0) is 10.8. The van der Waals surface area contributed by atoms with Gasteiger partial charge >= 0.3 is 0 Å². The molecule has 1 aromatic carbocycles. The van der Waals surface area contributed by atoms with Crippen molar-refractivity contribution in [3.05, 3.63) is 58.0 Å². The summed E-state index contributed by atoms with van der Waals surface area (Å²) in [6.07, 6.45) is 0. The summed E-state index contributed by atoms with van der Waals surface area (Å²) < 4.78 is 6.53. The van der Waals surface area contributed by atoms with Crippen molar-refractivity contribution in [1.29, 1.82) is 0 Å². The fourth-order valence-corrected chi connectivity index (χ4v) is 1.91. The van der Waals surface area contributed by atoms with Crippen LogP contribution in [0.3, 0.4) is 0 Å². The minimum Gasteiger partial charge on any atom is -0.464 e. The molecule has 0 aliphatic rings. The van der Waals surface area contributed by atoms with Crippen molar-refractivity contribution >= 4 is 27.5 Å². The molecule has 0 aliphatic heterocycles. The molecule has 0 N–H and O–H groups in total. The Bertz CT molecular complexity index is 447. The molecule has 1 nitrogen and oxygen atoms in total. The van der Waals surface area contributed by atoms with Gasteiger partial charge in [-0.2, -0.15) is 0 Å². The molecular weight excluding hydrogens is 275 g/mol. The summed E-state index contributed by atoms with van der Waals surface area (Å²) in [5.74, 6) is 1.67. The van der Waals surface area contributed by atoms with Crippen molar-refractivity contribution < 1.29 is 4.42 Å². The third-order valence-electron chi connectivity index (χ3n) is 2.17. The van der Waals surface area contributed by atoms with Crippen molar-refractivity contribution in [2.75, 3.05) is 0 Å². The van der Waals surface area contributed by atoms with Crippen LogP contribution >= 0.6 is 27.5 Å². The molecule has 2 aromatic rings. The Morgan fingerprint density at radius 3 is 2.33 bits per heavy atom. The fraction of sp³-hybridized carbons (Fsp3) is 0.167. The van der Waals surface area contributed by atoms with Gasteiger partial charge in [0, 0.05) is 4.47 Å². The predicted octanol–water partition coefficient (Wildman–Crippen LogP) is 4.68. The van der Waals surface area contributed by atoms with E-state index in [1.165, 1.54) is 0 Å². The van der Waals surface area contributed by atoms with Gasteiger partial charge in [-0.15, -0.1) is 11.6 Å². The lowest BCUT2D eigenvalue weighted by atomic mass is 10.1. The molecular formula is C12H10BrClO. The number of rotatable bonds is 2. The van der Waals surface area contributed by atoms with Crippen LogP contribution in [0.25, 0.3) is 0 Å². The molecule has 15 heavy (non-hydrogen) atoms. The normalized spacial score (nSPS) is 12.7. The zero-order valence-electron chi connectivity index (χ0n) is 8.21. The summed E-state index contributed by atoms with van der Waals surface area (Å²) in [5, 5.41) is -0.216. The number of hydrogen-bond donors (Lipinski definition) is 0. The second-order valence-corrected chi connectivity index (χ2v) is 4.71. The molecule has 78 valence electrons. The Morgan fingerprint density at radius 2 is 1.80 bits per heavy atom. The molecule has 1 atom stereocenters. The van der Waals surface area contributed by atoms with Crippen LogP contribution < -0.4 is 0 Å². The highest BCUT2D eigenvalue weighted by atomic mass is 79.9. The van der Waals surface area contributed by atoms with E-state index in [0.717, 1.165) is 21.6 Å². The average Bonchev–Trinajstić information content (AvgIpc) is 2.65. The SMILES string of the molecule is Cc1ccc(C(Cl)c2ccc(Br)cc2)o1. The first-order valence-electron chi connectivity index (χ1n) is 4.62. The van der Waals surface area contributed by atoms with E-state index in [0.29, 0.717) is 0 Å². The Kier molecular flexibility index (Phi) is 3.17. The van der Waals surface area contributed by atoms with E-state index in [1.807, 2.05) is 43.3 Å². The smallest absolute Gasteiger partial charge is 0.126 e. The molecule has 3 heteroatoms. The second kappa shape index (κ2) is 4.42. The third kappa shape index (κ3) is 2.44. The van der Waals surface area contributed by atoms with Crippen molar-refractivity contribution in [3.63, 3.8) is 0 Å². The lowest BCUT2D eigenvalue weighted by Crippen LogP contribution is -1.90. The highest BCUT2D eigenvalue weighted by molar-refractivity contribution is 9.10. The van der Waals surface area contributed by atoms with Gasteiger partial charge in [0.05, 0.1) is 0 Å². The first-order chi connectivity index (χ1) is 7.16. The number of halogens is 2. The molecule has 0 amide bonds. The van der Waals surface area contributed by atoms with Gasteiger partial charge in [-0.1, -0.05) is 28.1 Å². The van der Waals surface area contributed by atoms with Gasteiger partial charge in [0.25, 0.3) is 0 Å². The van der Waals surface area contributed by atoms with Crippen LogP contribution in [0.5, 0.6) is 0 Å². The summed E-state index contributed by atoms with van der Waals surface area (Å²) in [7, 11) is 0. The molecule has 0 radical (unpaired) electrons. The molecule has 0 saturated heterocycles. The Balaban J connectivity index is 2.28. The van der Waals surface area contributed by atoms with Gasteiger partial charge in [0.1, 0.15) is 16.9 Å². The Labute approximate surface area is 102 Å². The van der Waals surface area contributed by atoms with Crippen molar-refractivity contribution in [2.45, 2.75) is 12.3 Å². The van der Waals surface area contributed by atoms with Crippen molar-refractivity contribution in [2.24, 2.45) is 0 Å². The summed E-state index contributed by atoms with van der Waals surface area (Å²) in [6.45, 7) is 1.91. The fourth-order valence-electron chi connectivity index (χ4n) is 1.39. The number of furan rings is 1. The Hall–Kier alpha value is -0.730. The van der Waals surface area contributed by atoms with Crippen LogP contribution in [-0.2, 0) is 0 Å². The quantitative estimate of drug-likeness (QED) is 0.730. The van der Waals surface area contributed by atoms with E-state index >= 15 is 0 Å². The van der Waals surface area contributed by atoms with Gasteiger partial charge in [-0.05, 0) is 36.8 Å². The number of hydrogen-bond acceptors (Lipinski definition) is 1. The molecule has 1 heterocycles. The molecule has 0 spiro atoms. The monoisotopic (exact) mass is 284 g/mol. The molecule has 0 saturated carbocycles. The standard InChI is InChI=1S/C12H10BrClO/c1-8-2-7-11(15-8)12(14)9-3-5-10(13)6-4-9/h2-7,12H,1H3. The lowest BCUT2D eigenvalue weighted by Gasteiger charge is -2.06. The molecule has 0 bridgehead atoms. The second-order valence-electron chi connectivity index (χ2n) is 3.36. The predicted molar refractivity (Wildman–Crippen MR) is 65.3 cm³/mol. The highest BCUT2D eigenvalue weighted by Crippen LogP contribution is 2.30. The lowest BCUT2D eigenvalue weighted by molar-refractivity contribution is 0.489. The summed E-state index contributed by atoms with van der Waals surface area (Å²) in [6, 6.07) is 11.7. The minimum absolute atomic E-state index is 0.216. The van der Waals surface area contributed by atoms with E-state index < -0.39 is 0 Å². The van der Waals surface area contributed by atoms with Gasteiger partial charge in [-0.25, -0.2) is 0 Å².